The maximum absolute atomic E-state index is 5.74. The molecule has 3 nitrogen and oxygen atoms in total. The molecule has 3 heteroatoms. The van der Waals surface area contributed by atoms with Crippen molar-refractivity contribution < 1.29 is 4.52 Å². The van der Waals surface area contributed by atoms with Gasteiger partial charge in [-0.25, -0.2) is 0 Å². The summed E-state index contributed by atoms with van der Waals surface area (Å²) in [4.78, 5) is 0. The Morgan fingerprint density at radius 2 is 2.31 bits per heavy atom. The lowest BCUT2D eigenvalue weighted by atomic mass is 9.81. The van der Waals surface area contributed by atoms with Crippen LogP contribution >= 0.6 is 0 Å². The first kappa shape index (κ1) is 8.60. The van der Waals surface area contributed by atoms with E-state index in [2.05, 4.69) is 12.1 Å². The third-order valence-corrected chi connectivity index (χ3v) is 2.82. The van der Waals surface area contributed by atoms with Crippen molar-refractivity contribution in [3.63, 3.8) is 0 Å². The van der Waals surface area contributed by atoms with Gasteiger partial charge in [-0.05, 0) is 19.3 Å². The van der Waals surface area contributed by atoms with Crippen molar-refractivity contribution in [2.24, 2.45) is 0 Å². The molecule has 0 saturated heterocycles. The molecule has 13 heavy (non-hydrogen) atoms. The van der Waals surface area contributed by atoms with Gasteiger partial charge in [0, 0.05) is 11.5 Å². The summed E-state index contributed by atoms with van der Waals surface area (Å²) >= 11 is 0. The molecule has 2 N–H and O–H groups in total. The second-order valence-corrected chi connectivity index (χ2v) is 3.79. The normalized spacial score (nSPS) is 17.3. The predicted octanol–water partition coefficient (Wildman–Crippen LogP) is 2.48. The molecule has 0 aromatic carbocycles. The molecular weight excluding hydrogens is 164 g/mol. The standard InChI is InChI=1S/C10H16N2O/c1-2-4-8-9(7-5-3-6-7)13-12-10(8)11/h7H,2-6H2,1H3,(H2,11,12). The van der Waals surface area contributed by atoms with Crippen LogP contribution in [-0.2, 0) is 6.42 Å². The van der Waals surface area contributed by atoms with E-state index in [1.165, 1.54) is 19.3 Å². The van der Waals surface area contributed by atoms with Gasteiger partial charge in [0.25, 0.3) is 0 Å². The van der Waals surface area contributed by atoms with E-state index in [0.29, 0.717) is 11.7 Å². The van der Waals surface area contributed by atoms with Crippen molar-refractivity contribution in [1.82, 2.24) is 5.16 Å². The molecule has 1 aromatic heterocycles. The molecule has 1 aromatic rings. The van der Waals surface area contributed by atoms with Crippen LogP contribution in [0.25, 0.3) is 0 Å². The van der Waals surface area contributed by atoms with Crippen LogP contribution in [0.2, 0.25) is 0 Å². The lowest BCUT2D eigenvalue weighted by molar-refractivity contribution is 0.299. The van der Waals surface area contributed by atoms with Crippen LogP contribution in [0.3, 0.4) is 0 Å². The van der Waals surface area contributed by atoms with Crippen molar-refractivity contribution >= 4 is 5.82 Å². The highest BCUT2D eigenvalue weighted by atomic mass is 16.5. The van der Waals surface area contributed by atoms with Crippen LogP contribution < -0.4 is 5.73 Å². The second-order valence-electron chi connectivity index (χ2n) is 3.79. The summed E-state index contributed by atoms with van der Waals surface area (Å²) in [6.07, 6.45) is 5.90. The van der Waals surface area contributed by atoms with Gasteiger partial charge in [0.15, 0.2) is 5.82 Å². The maximum atomic E-state index is 5.74. The van der Waals surface area contributed by atoms with E-state index >= 15 is 0 Å². The van der Waals surface area contributed by atoms with Gasteiger partial charge >= 0.3 is 0 Å². The van der Waals surface area contributed by atoms with Gasteiger partial charge in [0.1, 0.15) is 5.76 Å². The van der Waals surface area contributed by atoms with Crippen molar-refractivity contribution in [2.75, 3.05) is 5.73 Å². The van der Waals surface area contributed by atoms with E-state index in [-0.39, 0.29) is 0 Å². The Kier molecular flexibility index (Phi) is 2.25. The maximum Gasteiger partial charge on any atom is 0.170 e. The third-order valence-electron chi connectivity index (χ3n) is 2.82. The summed E-state index contributed by atoms with van der Waals surface area (Å²) in [6.45, 7) is 2.15. The quantitative estimate of drug-likeness (QED) is 0.777. The predicted molar refractivity (Wildman–Crippen MR) is 51.5 cm³/mol. The van der Waals surface area contributed by atoms with Crippen LogP contribution in [0.1, 0.15) is 49.8 Å². The molecule has 1 aliphatic carbocycles. The van der Waals surface area contributed by atoms with Crippen molar-refractivity contribution in [1.29, 1.82) is 0 Å². The molecule has 72 valence electrons. The molecular formula is C10H16N2O. The highest BCUT2D eigenvalue weighted by Gasteiger charge is 2.27. The van der Waals surface area contributed by atoms with Gasteiger partial charge in [-0.2, -0.15) is 0 Å². The average Bonchev–Trinajstić information content (AvgIpc) is 2.33. The Bertz CT molecular complexity index is 289. The van der Waals surface area contributed by atoms with E-state index in [9.17, 15) is 0 Å². The summed E-state index contributed by atoms with van der Waals surface area (Å²) in [5.41, 5.74) is 6.90. The minimum Gasteiger partial charge on any atom is -0.381 e. The molecule has 0 radical (unpaired) electrons. The van der Waals surface area contributed by atoms with Crippen LogP contribution in [0, 0.1) is 0 Å². The molecule has 0 unspecified atom stereocenters. The monoisotopic (exact) mass is 180 g/mol. The van der Waals surface area contributed by atoms with Gasteiger partial charge in [0.2, 0.25) is 0 Å². The smallest absolute Gasteiger partial charge is 0.170 e. The van der Waals surface area contributed by atoms with Crippen LogP contribution in [0.4, 0.5) is 5.82 Å². The van der Waals surface area contributed by atoms with Gasteiger partial charge in [0.05, 0.1) is 0 Å². The highest BCUT2D eigenvalue weighted by Crippen LogP contribution is 2.39. The lowest BCUT2D eigenvalue weighted by Gasteiger charge is -2.23. The molecule has 2 rings (SSSR count). The second kappa shape index (κ2) is 3.40. The Labute approximate surface area is 78.3 Å². The Morgan fingerprint density at radius 3 is 2.85 bits per heavy atom. The number of nitrogens with two attached hydrogens (primary N) is 1. The minimum absolute atomic E-state index is 0.601. The van der Waals surface area contributed by atoms with E-state index in [1.807, 2.05) is 0 Å². The number of nitrogens with zero attached hydrogens (tertiary/aromatic N) is 1. The van der Waals surface area contributed by atoms with Crippen molar-refractivity contribution in [3.05, 3.63) is 11.3 Å². The number of hydrogen-bond acceptors (Lipinski definition) is 3. The molecule has 1 aliphatic rings. The number of aromatic nitrogens is 1. The summed E-state index contributed by atoms with van der Waals surface area (Å²) in [6, 6.07) is 0. The van der Waals surface area contributed by atoms with Crippen molar-refractivity contribution in [2.45, 2.75) is 44.9 Å². The summed E-state index contributed by atoms with van der Waals surface area (Å²) in [5, 5.41) is 3.84. The topological polar surface area (TPSA) is 52.0 Å². The number of rotatable bonds is 3. The summed E-state index contributed by atoms with van der Waals surface area (Å²) in [7, 11) is 0. The number of nitrogen functional groups attached to an aromatic ring is 1. The van der Waals surface area contributed by atoms with E-state index in [0.717, 1.165) is 24.2 Å². The third kappa shape index (κ3) is 1.43. The molecule has 0 atom stereocenters. The van der Waals surface area contributed by atoms with Crippen LogP contribution in [0.15, 0.2) is 4.52 Å². The van der Waals surface area contributed by atoms with E-state index in [1.54, 1.807) is 0 Å². The SMILES string of the molecule is CCCc1c(N)noc1C1CCC1. The van der Waals surface area contributed by atoms with Gasteiger partial charge in [-0.15, -0.1) is 0 Å². The Morgan fingerprint density at radius 1 is 1.54 bits per heavy atom. The molecule has 1 fully saturated rings. The summed E-state index contributed by atoms with van der Waals surface area (Å²) in [5.74, 6) is 2.26. The van der Waals surface area contributed by atoms with E-state index < -0.39 is 0 Å². The zero-order valence-electron chi connectivity index (χ0n) is 8.05. The molecule has 0 amide bonds. The Hall–Kier alpha value is -0.990. The molecule has 0 bridgehead atoms. The number of hydrogen-bond donors (Lipinski definition) is 1. The molecule has 1 saturated carbocycles. The van der Waals surface area contributed by atoms with Gasteiger partial charge < -0.3 is 10.3 Å². The highest BCUT2D eigenvalue weighted by molar-refractivity contribution is 5.42. The fourth-order valence-corrected chi connectivity index (χ4v) is 1.83. The zero-order valence-corrected chi connectivity index (χ0v) is 8.05. The van der Waals surface area contributed by atoms with Gasteiger partial charge in [-0.3, -0.25) is 0 Å². The number of anilines is 1. The Balaban J connectivity index is 2.22. The molecule has 0 spiro atoms. The lowest BCUT2D eigenvalue weighted by Crippen LogP contribution is -2.10. The van der Waals surface area contributed by atoms with Crippen LogP contribution in [0.5, 0.6) is 0 Å². The largest absolute Gasteiger partial charge is 0.381 e. The zero-order chi connectivity index (χ0) is 9.26. The van der Waals surface area contributed by atoms with Crippen LogP contribution in [-0.4, -0.2) is 5.16 Å². The molecule has 1 heterocycles. The summed E-state index contributed by atoms with van der Waals surface area (Å²) < 4.78 is 5.28. The first-order valence-corrected chi connectivity index (χ1v) is 5.06. The van der Waals surface area contributed by atoms with Gasteiger partial charge in [-0.1, -0.05) is 24.9 Å². The average molecular weight is 180 g/mol. The first-order chi connectivity index (χ1) is 6.33. The molecule has 0 aliphatic heterocycles. The minimum atomic E-state index is 0.601. The fourth-order valence-electron chi connectivity index (χ4n) is 1.83. The van der Waals surface area contributed by atoms with Crippen molar-refractivity contribution in [3.8, 4) is 0 Å². The van der Waals surface area contributed by atoms with E-state index in [4.69, 9.17) is 10.3 Å². The fraction of sp³-hybridized carbons (Fsp3) is 0.700. The first-order valence-electron chi connectivity index (χ1n) is 5.06.